The normalized spacial score (nSPS) is 9.05. The molecule has 0 aliphatic heterocycles. The summed E-state index contributed by atoms with van der Waals surface area (Å²) in [6, 6.07) is 15.2. The molecule has 0 heterocycles. The second kappa shape index (κ2) is 7.96. The first-order valence-corrected chi connectivity index (χ1v) is 5.33. The first-order valence-electron chi connectivity index (χ1n) is 5.33. The Labute approximate surface area is 133 Å². The number of hydrogen-bond donors (Lipinski definition) is 2. The number of carbonyl (C=O) groups is 1. The fourth-order valence-corrected chi connectivity index (χ4v) is 1.80. The van der Waals surface area contributed by atoms with Crippen LogP contribution in [0.5, 0.6) is 0 Å². The van der Waals surface area contributed by atoms with Crippen molar-refractivity contribution in [1.29, 1.82) is 0 Å². The molecule has 0 saturated heterocycles. The van der Waals surface area contributed by atoms with Crippen molar-refractivity contribution in [2.24, 2.45) is 0 Å². The molecule has 0 unspecified atom stereocenters. The Morgan fingerprint density at radius 2 is 1.68 bits per heavy atom. The van der Waals surface area contributed by atoms with Gasteiger partial charge in [-0.05, 0) is 11.1 Å². The van der Waals surface area contributed by atoms with Gasteiger partial charge in [0.15, 0.2) is 0 Å². The molecule has 0 atom stereocenters. The molecular weight excluding hydrogens is 253 g/mol. The zero-order chi connectivity index (χ0) is 12.3. The molecule has 4 nitrogen and oxygen atoms in total. The zero-order valence-electron chi connectivity index (χ0n) is 9.76. The second-order valence-electron chi connectivity index (χ2n) is 3.81. The summed E-state index contributed by atoms with van der Waals surface area (Å²) in [5, 5.41) is 8.80. The second-order valence-corrected chi connectivity index (χ2v) is 3.81. The number of nitrogen functional groups attached to an aromatic ring is 1. The van der Waals surface area contributed by atoms with E-state index in [0.29, 0.717) is 11.3 Å². The number of para-hydroxylation sites is 1. The minimum absolute atomic E-state index is 0. The maximum absolute atomic E-state index is 10.7. The average Bonchev–Trinajstić information content (AvgIpc) is 2.32. The molecule has 5 heteroatoms. The number of benzene rings is 2. The van der Waals surface area contributed by atoms with Gasteiger partial charge in [0, 0.05) is 11.3 Å². The Morgan fingerprint density at radius 3 is 2.26 bits per heavy atom. The van der Waals surface area contributed by atoms with E-state index in [2.05, 4.69) is 0 Å². The molecular formula is C14H16NNaO3. The summed E-state index contributed by atoms with van der Waals surface area (Å²) in [6.07, 6.45) is -0.0491. The Morgan fingerprint density at radius 1 is 1.05 bits per heavy atom. The van der Waals surface area contributed by atoms with Gasteiger partial charge in [-0.25, -0.2) is 0 Å². The molecule has 2 aromatic carbocycles. The Bertz CT molecular complexity index is 544. The van der Waals surface area contributed by atoms with Gasteiger partial charge in [0.1, 0.15) is 0 Å². The van der Waals surface area contributed by atoms with Crippen molar-refractivity contribution in [2.75, 3.05) is 5.73 Å². The number of aliphatic carboxylic acids is 1. The Kier molecular flexibility index (Phi) is 7.41. The summed E-state index contributed by atoms with van der Waals surface area (Å²) in [4.78, 5) is 10.7. The molecule has 96 valence electrons. The van der Waals surface area contributed by atoms with Gasteiger partial charge in [-0.1, -0.05) is 48.5 Å². The monoisotopic (exact) mass is 269 g/mol. The van der Waals surface area contributed by atoms with E-state index in [1.54, 1.807) is 6.07 Å². The van der Waals surface area contributed by atoms with Crippen LogP contribution >= 0.6 is 0 Å². The van der Waals surface area contributed by atoms with Crippen LogP contribution in [0, 0.1) is 0 Å². The van der Waals surface area contributed by atoms with E-state index in [1.807, 2.05) is 42.5 Å². The Hall–Kier alpha value is -1.33. The van der Waals surface area contributed by atoms with Crippen LogP contribution in [0.15, 0.2) is 48.5 Å². The third-order valence-electron chi connectivity index (χ3n) is 2.62. The van der Waals surface area contributed by atoms with Crippen molar-refractivity contribution in [3.63, 3.8) is 0 Å². The third kappa shape index (κ3) is 4.36. The predicted octanol–water partition coefficient (Wildman–Crippen LogP) is 1.09. The number of carboxylic acid groups (broad SMARTS) is 1. The third-order valence-corrected chi connectivity index (χ3v) is 2.62. The molecule has 2 rings (SSSR count). The number of anilines is 1. The van der Waals surface area contributed by atoms with Crippen LogP contribution in [0.25, 0.3) is 11.1 Å². The van der Waals surface area contributed by atoms with E-state index in [9.17, 15) is 4.79 Å². The topological polar surface area (TPSA) is 94.8 Å². The van der Waals surface area contributed by atoms with Gasteiger partial charge in [0.05, 0.1) is 6.42 Å². The molecule has 0 saturated carbocycles. The quantitative estimate of drug-likeness (QED) is 0.645. The number of nitrogens with two attached hydrogens (primary N) is 1. The van der Waals surface area contributed by atoms with Crippen molar-refractivity contribution in [2.45, 2.75) is 6.42 Å². The maximum atomic E-state index is 10.7. The summed E-state index contributed by atoms with van der Waals surface area (Å²) in [7, 11) is 0. The summed E-state index contributed by atoms with van der Waals surface area (Å²) in [5.74, 6) is -0.873. The first kappa shape index (κ1) is 17.7. The van der Waals surface area contributed by atoms with Gasteiger partial charge >= 0.3 is 35.5 Å². The van der Waals surface area contributed by atoms with E-state index >= 15 is 0 Å². The van der Waals surface area contributed by atoms with E-state index in [-0.39, 0.29) is 41.5 Å². The molecule has 0 aliphatic rings. The van der Waals surface area contributed by atoms with Crippen molar-refractivity contribution in [1.82, 2.24) is 0 Å². The molecule has 0 fully saturated rings. The minimum atomic E-state index is -0.873. The van der Waals surface area contributed by atoms with Crippen LogP contribution in [-0.4, -0.2) is 46.1 Å². The predicted molar refractivity (Wildman–Crippen MR) is 78.4 cm³/mol. The molecule has 0 aliphatic carbocycles. The average molecular weight is 269 g/mol. The van der Waals surface area contributed by atoms with Crippen molar-refractivity contribution in [3.05, 3.63) is 54.1 Å². The van der Waals surface area contributed by atoms with Gasteiger partial charge in [-0.15, -0.1) is 0 Å². The van der Waals surface area contributed by atoms with Crippen LogP contribution in [0.1, 0.15) is 5.56 Å². The van der Waals surface area contributed by atoms with Crippen LogP contribution in [0.2, 0.25) is 0 Å². The van der Waals surface area contributed by atoms with Gasteiger partial charge in [-0.3, -0.25) is 4.79 Å². The SMILES string of the molecule is Nc1c(CC(=O)O)cccc1-c1ccccc1.O.[NaH]. The van der Waals surface area contributed by atoms with Crippen LogP contribution in [0.4, 0.5) is 5.69 Å². The van der Waals surface area contributed by atoms with Crippen molar-refractivity contribution >= 4 is 41.2 Å². The molecule has 0 spiro atoms. The standard InChI is InChI=1S/C14H13NO2.Na.H2O.H/c15-14-11(9-13(16)17)7-4-8-12(14)10-5-2-1-3-6-10;;;/h1-8H,9,15H2,(H,16,17);;1H2;. The van der Waals surface area contributed by atoms with Crippen LogP contribution in [-0.2, 0) is 11.2 Å². The number of hydrogen-bond acceptors (Lipinski definition) is 2. The molecule has 0 radical (unpaired) electrons. The van der Waals surface area contributed by atoms with Gasteiger partial charge in [0.2, 0.25) is 0 Å². The van der Waals surface area contributed by atoms with Gasteiger partial charge in [0.25, 0.3) is 0 Å². The van der Waals surface area contributed by atoms with Crippen molar-refractivity contribution in [3.8, 4) is 11.1 Å². The summed E-state index contributed by atoms with van der Waals surface area (Å²) in [5.41, 5.74) is 9.07. The summed E-state index contributed by atoms with van der Waals surface area (Å²) < 4.78 is 0. The Balaban J connectivity index is 0.00000162. The summed E-state index contributed by atoms with van der Waals surface area (Å²) >= 11 is 0. The number of carboxylic acids is 1. The van der Waals surface area contributed by atoms with Crippen LogP contribution < -0.4 is 5.73 Å². The van der Waals surface area contributed by atoms with E-state index in [4.69, 9.17) is 10.8 Å². The van der Waals surface area contributed by atoms with E-state index in [1.165, 1.54) is 0 Å². The first-order chi connectivity index (χ1) is 8.18. The molecule has 0 amide bonds. The van der Waals surface area contributed by atoms with Crippen LogP contribution in [0.3, 0.4) is 0 Å². The van der Waals surface area contributed by atoms with Crippen molar-refractivity contribution < 1.29 is 15.4 Å². The molecule has 19 heavy (non-hydrogen) atoms. The zero-order valence-corrected chi connectivity index (χ0v) is 9.76. The molecule has 5 N–H and O–H groups in total. The fraction of sp³-hybridized carbons (Fsp3) is 0.0714. The molecule has 2 aromatic rings. The number of rotatable bonds is 3. The van der Waals surface area contributed by atoms with E-state index < -0.39 is 5.97 Å². The van der Waals surface area contributed by atoms with Gasteiger partial charge in [-0.2, -0.15) is 0 Å². The summed E-state index contributed by atoms with van der Waals surface area (Å²) in [6.45, 7) is 0. The molecule has 0 bridgehead atoms. The molecule has 0 aromatic heterocycles. The fourth-order valence-electron chi connectivity index (χ4n) is 1.80. The van der Waals surface area contributed by atoms with E-state index in [0.717, 1.165) is 11.1 Å². The van der Waals surface area contributed by atoms with Gasteiger partial charge < -0.3 is 16.3 Å².